The molecule has 1 N–H and O–H groups in total. The number of aliphatic imine (C=N–C) groups is 1. The lowest BCUT2D eigenvalue weighted by Gasteiger charge is -2.26. The second-order valence-electron chi connectivity index (χ2n) is 7.49. The number of hydrogen-bond donors (Lipinski definition) is 1. The predicted molar refractivity (Wildman–Crippen MR) is 119 cm³/mol. The van der Waals surface area contributed by atoms with E-state index in [1.807, 2.05) is 26.4 Å². The van der Waals surface area contributed by atoms with E-state index in [0.717, 1.165) is 62.6 Å². The third-order valence-electron chi connectivity index (χ3n) is 5.11. The highest BCUT2D eigenvalue weighted by Gasteiger charge is 2.11. The van der Waals surface area contributed by atoms with E-state index in [4.69, 9.17) is 21.3 Å². The van der Waals surface area contributed by atoms with Crippen LogP contribution in [0.4, 0.5) is 0 Å². The lowest BCUT2D eigenvalue weighted by Crippen LogP contribution is -2.38. The molecule has 0 radical (unpaired) electrons. The third kappa shape index (κ3) is 6.49. The third-order valence-corrected chi connectivity index (χ3v) is 5.32. The van der Waals surface area contributed by atoms with Gasteiger partial charge in [0.2, 0.25) is 0 Å². The Morgan fingerprint density at radius 2 is 1.90 bits per heavy atom. The average Bonchev–Trinajstić information content (AvgIpc) is 3.03. The maximum Gasteiger partial charge on any atom is 0.194 e. The van der Waals surface area contributed by atoms with Gasteiger partial charge in [-0.15, -0.1) is 0 Å². The van der Waals surface area contributed by atoms with Crippen molar-refractivity contribution in [3.05, 3.63) is 58.4 Å². The molecule has 0 unspecified atom stereocenters. The number of guanidine groups is 1. The van der Waals surface area contributed by atoms with E-state index in [0.29, 0.717) is 6.54 Å². The van der Waals surface area contributed by atoms with Gasteiger partial charge in [0.05, 0.1) is 31.3 Å². The van der Waals surface area contributed by atoms with Crippen LogP contribution in [0, 0.1) is 0 Å². The Hall–Kier alpha value is -2.02. The number of nitrogens with zero attached hydrogens (tertiary/aromatic N) is 4. The summed E-state index contributed by atoms with van der Waals surface area (Å²) in [6.45, 7) is 8.99. The van der Waals surface area contributed by atoms with Crippen molar-refractivity contribution in [1.29, 1.82) is 0 Å². The number of morpholine rings is 1. The van der Waals surface area contributed by atoms with Gasteiger partial charge in [-0.3, -0.25) is 4.90 Å². The molecule has 1 saturated heterocycles. The standard InChI is InChI=1S/C22H32ClN5O/c1-4-24-22(27(3)17-21-13-20(23)16-26(21)2)25-14-18-5-7-19(8-6-18)15-28-9-11-29-12-10-28/h5-8,13,16H,4,9-12,14-15,17H2,1-3H3,(H,24,25). The maximum atomic E-state index is 6.11. The molecule has 0 bridgehead atoms. The van der Waals surface area contributed by atoms with Crippen LogP contribution in [0.15, 0.2) is 41.5 Å². The summed E-state index contributed by atoms with van der Waals surface area (Å²) in [7, 11) is 4.06. The van der Waals surface area contributed by atoms with Crippen molar-refractivity contribution < 1.29 is 4.74 Å². The van der Waals surface area contributed by atoms with Crippen LogP contribution < -0.4 is 5.32 Å². The van der Waals surface area contributed by atoms with Gasteiger partial charge in [-0.1, -0.05) is 35.9 Å². The number of halogens is 1. The molecule has 0 aliphatic carbocycles. The quantitative estimate of drug-likeness (QED) is 0.555. The van der Waals surface area contributed by atoms with Crippen molar-refractivity contribution in [2.24, 2.45) is 12.0 Å². The van der Waals surface area contributed by atoms with Crippen LogP contribution in [0.3, 0.4) is 0 Å². The van der Waals surface area contributed by atoms with Gasteiger partial charge >= 0.3 is 0 Å². The normalized spacial score (nSPS) is 15.5. The van der Waals surface area contributed by atoms with Gasteiger partial charge in [-0.05, 0) is 24.1 Å². The lowest BCUT2D eigenvalue weighted by atomic mass is 10.1. The molecule has 2 aromatic rings. The Bertz CT molecular complexity index is 796. The van der Waals surface area contributed by atoms with Gasteiger partial charge in [0.1, 0.15) is 0 Å². The Morgan fingerprint density at radius 1 is 1.21 bits per heavy atom. The van der Waals surface area contributed by atoms with Gasteiger partial charge < -0.3 is 19.5 Å². The fourth-order valence-electron chi connectivity index (χ4n) is 3.44. The zero-order chi connectivity index (χ0) is 20.6. The molecule has 0 amide bonds. The molecule has 2 heterocycles. The topological polar surface area (TPSA) is 45.0 Å². The van der Waals surface area contributed by atoms with Crippen LogP contribution in [-0.2, 0) is 31.4 Å². The van der Waals surface area contributed by atoms with Gasteiger partial charge in [-0.25, -0.2) is 4.99 Å². The number of nitrogens with one attached hydrogen (secondary N) is 1. The Labute approximate surface area is 179 Å². The first kappa shape index (κ1) is 21.7. The summed E-state index contributed by atoms with van der Waals surface area (Å²) in [4.78, 5) is 9.39. The molecular formula is C22H32ClN5O. The summed E-state index contributed by atoms with van der Waals surface area (Å²) in [5, 5.41) is 4.14. The van der Waals surface area contributed by atoms with Crippen LogP contribution in [0.2, 0.25) is 5.02 Å². The minimum atomic E-state index is 0.651. The molecule has 0 spiro atoms. The molecule has 0 saturated carbocycles. The van der Waals surface area contributed by atoms with Crippen molar-refractivity contribution in [3.63, 3.8) is 0 Å². The lowest BCUT2D eigenvalue weighted by molar-refractivity contribution is 0.0342. The van der Waals surface area contributed by atoms with E-state index in [2.05, 4.69) is 50.9 Å². The molecular weight excluding hydrogens is 386 g/mol. The van der Waals surface area contributed by atoms with Gasteiger partial charge in [0.25, 0.3) is 0 Å². The number of aromatic nitrogens is 1. The Morgan fingerprint density at radius 3 is 2.52 bits per heavy atom. The molecule has 29 heavy (non-hydrogen) atoms. The van der Waals surface area contributed by atoms with Gasteiger partial charge in [0.15, 0.2) is 5.96 Å². The summed E-state index contributed by atoms with van der Waals surface area (Å²) in [6, 6.07) is 10.8. The first-order valence-electron chi connectivity index (χ1n) is 10.2. The molecule has 7 heteroatoms. The highest BCUT2D eigenvalue weighted by Crippen LogP contribution is 2.14. The zero-order valence-electron chi connectivity index (χ0n) is 17.7. The van der Waals surface area contributed by atoms with Crippen LogP contribution in [0.1, 0.15) is 23.7 Å². The van der Waals surface area contributed by atoms with Gasteiger partial charge in [0, 0.05) is 52.2 Å². The fourth-order valence-corrected chi connectivity index (χ4v) is 3.72. The van der Waals surface area contributed by atoms with Crippen molar-refractivity contribution in [2.75, 3.05) is 39.9 Å². The maximum absolute atomic E-state index is 6.11. The predicted octanol–water partition coefficient (Wildman–Crippen LogP) is 3.11. The van der Waals surface area contributed by atoms with Crippen LogP contribution in [0.25, 0.3) is 0 Å². The number of aryl methyl sites for hydroxylation is 1. The minimum absolute atomic E-state index is 0.651. The van der Waals surface area contributed by atoms with Crippen LogP contribution in [-0.4, -0.2) is 60.2 Å². The SMILES string of the molecule is CCNC(=NCc1ccc(CN2CCOCC2)cc1)N(C)Cc1cc(Cl)cn1C. The minimum Gasteiger partial charge on any atom is -0.379 e. The fraction of sp³-hybridized carbons (Fsp3) is 0.500. The first-order valence-corrected chi connectivity index (χ1v) is 10.6. The largest absolute Gasteiger partial charge is 0.379 e. The second-order valence-corrected chi connectivity index (χ2v) is 7.93. The number of hydrogen-bond acceptors (Lipinski definition) is 3. The van der Waals surface area contributed by atoms with E-state index >= 15 is 0 Å². The molecule has 6 nitrogen and oxygen atoms in total. The molecule has 1 aliphatic heterocycles. The monoisotopic (exact) mass is 417 g/mol. The van der Waals surface area contributed by atoms with E-state index in [1.54, 1.807) is 0 Å². The number of rotatable bonds is 7. The number of benzene rings is 1. The molecule has 158 valence electrons. The highest BCUT2D eigenvalue weighted by atomic mass is 35.5. The van der Waals surface area contributed by atoms with Crippen LogP contribution in [0.5, 0.6) is 0 Å². The summed E-state index contributed by atoms with van der Waals surface area (Å²) >= 11 is 6.11. The molecule has 3 rings (SSSR count). The Kier molecular flexibility index (Phi) is 7.98. The summed E-state index contributed by atoms with van der Waals surface area (Å²) in [5.41, 5.74) is 3.70. The van der Waals surface area contributed by atoms with E-state index in [-0.39, 0.29) is 0 Å². The van der Waals surface area contributed by atoms with Gasteiger partial charge in [-0.2, -0.15) is 0 Å². The molecule has 1 aliphatic rings. The van der Waals surface area contributed by atoms with Crippen LogP contribution >= 0.6 is 11.6 Å². The average molecular weight is 418 g/mol. The first-order chi connectivity index (χ1) is 14.0. The Balaban J connectivity index is 1.59. The summed E-state index contributed by atoms with van der Waals surface area (Å²) in [5.74, 6) is 0.891. The van der Waals surface area contributed by atoms with Crippen molar-refractivity contribution in [3.8, 4) is 0 Å². The smallest absolute Gasteiger partial charge is 0.194 e. The molecule has 1 aromatic carbocycles. The molecule has 1 aromatic heterocycles. The summed E-state index contributed by atoms with van der Waals surface area (Å²) < 4.78 is 7.47. The number of ether oxygens (including phenoxy) is 1. The highest BCUT2D eigenvalue weighted by molar-refractivity contribution is 6.30. The van der Waals surface area contributed by atoms with E-state index in [1.165, 1.54) is 11.1 Å². The van der Waals surface area contributed by atoms with Crippen molar-refractivity contribution >= 4 is 17.6 Å². The zero-order valence-corrected chi connectivity index (χ0v) is 18.5. The van der Waals surface area contributed by atoms with E-state index < -0.39 is 0 Å². The van der Waals surface area contributed by atoms with Crippen molar-refractivity contribution in [2.45, 2.75) is 26.6 Å². The molecule has 1 fully saturated rings. The van der Waals surface area contributed by atoms with Crippen molar-refractivity contribution in [1.82, 2.24) is 19.7 Å². The summed E-state index contributed by atoms with van der Waals surface area (Å²) in [6.07, 6.45) is 1.92. The molecule has 0 atom stereocenters. The van der Waals surface area contributed by atoms with E-state index in [9.17, 15) is 0 Å². The second kappa shape index (κ2) is 10.7.